The van der Waals surface area contributed by atoms with Crippen LogP contribution >= 0.6 is 0 Å². The average Bonchev–Trinajstić information content (AvgIpc) is 3.65. The molecule has 0 bridgehead atoms. The molecule has 11 rings (SSSR count). The molecule has 0 fully saturated rings. The molecule has 2 nitrogen and oxygen atoms in total. The molecule has 9 aromatic carbocycles. The number of benzene rings is 9. The third-order valence-electron chi connectivity index (χ3n) is 14.5. The number of rotatable bonds is 10. The summed E-state index contributed by atoms with van der Waals surface area (Å²) < 4.78 is 0. The Morgan fingerprint density at radius 2 is 0.864 bits per heavy atom. The fourth-order valence-corrected chi connectivity index (χ4v) is 11.0. The molecule has 320 valence electrons. The highest BCUT2D eigenvalue weighted by Crippen LogP contribution is 2.55. The van der Waals surface area contributed by atoms with Gasteiger partial charge in [-0.15, -0.1) is 0 Å². The van der Waals surface area contributed by atoms with Gasteiger partial charge < -0.3 is 9.80 Å². The maximum Gasteiger partial charge on any atom is 0.0502 e. The lowest BCUT2D eigenvalue weighted by atomic mass is 9.73. The average molecular weight is 851 g/mol. The minimum atomic E-state index is -0.120. The van der Waals surface area contributed by atoms with Crippen molar-refractivity contribution in [1.82, 2.24) is 0 Å². The molecule has 1 aliphatic carbocycles. The lowest BCUT2D eigenvalue weighted by molar-refractivity contribution is 0.490. The Labute approximate surface area is 390 Å². The van der Waals surface area contributed by atoms with Crippen molar-refractivity contribution in [3.05, 3.63) is 252 Å². The van der Waals surface area contributed by atoms with Gasteiger partial charge in [-0.05, 0) is 146 Å². The Balaban J connectivity index is 0.919. The first-order valence-electron chi connectivity index (χ1n) is 23.5. The van der Waals surface area contributed by atoms with E-state index in [1.54, 1.807) is 0 Å². The van der Waals surface area contributed by atoms with Crippen molar-refractivity contribution >= 4 is 46.3 Å². The highest BCUT2D eigenvalue weighted by atomic mass is 15.2. The number of hydrogen-bond donors (Lipinski definition) is 0. The van der Waals surface area contributed by atoms with Crippen LogP contribution < -0.4 is 9.80 Å². The summed E-state index contributed by atoms with van der Waals surface area (Å²) in [7, 11) is 0. The molecular formula is C64H54N2. The van der Waals surface area contributed by atoms with Gasteiger partial charge >= 0.3 is 0 Å². The van der Waals surface area contributed by atoms with E-state index < -0.39 is 0 Å². The maximum absolute atomic E-state index is 2.47. The first-order valence-corrected chi connectivity index (χ1v) is 23.5. The van der Waals surface area contributed by atoms with Gasteiger partial charge in [0, 0.05) is 33.6 Å². The lowest BCUT2D eigenvalue weighted by Crippen LogP contribution is -2.30. The molecule has 0 radical (unpaired) electrons. The van der Waals surface area contributed by atoms with E-state index in [2.05, 4.69) is 268 Å². The van der Waals surface area contributed by atoms with E-state index in [1.165, 1.54) is 83.8 Å². The normalized spacial score (nSPS) is 14.0. The van der Waals surface area contributed by atoms with Crippen LogP contribution in [0, 0.1) is 0 Å². The molecular weight excluding hydrogens is 797 g/mol. The predicted molar refractivity (Wildman–Crippen MR) is 281 cm³/mol. The van der Waals surface area contributed by atoms with E-state index in [0.717, 1.165) is 29.9 Å². The van der Waals surface area contributed by atoms with E-state index in [4.69, 9.17) is 0 Å². The molecule has 0 saturated heterocycles. The fraction of sp³-hybridized carbons (Fsp3) is 0.125. The summed E-state index contributed by atoms with van der Waals surface area (Å²) in [5.74, 6) is 0. The smallest absolute Gasteiger partial charge is 0.0502 e. The number of anilines is 6. The summed E-state index contributed by atoms with van der Waals surface area (Å²) >= 11 is 0. The van der Waals surface area contributed by atoms with Crippen LogP contribution in [0.2, 0.25) is 0 Å². The second-order valence-corrected chi connectivity index (χ2v) is 18.4. The first-order chi connectivity index (χ1) is 32.4. The van der Waals surface area contributed by atoms with Crippen molar-refractivity contribution < 1.29 is 0 Å². The molecule has 2 heteroatoms. The van der Waals surface area contributed by atoms with Crippen molar-refractivity contribution in [2.75, 3.05) is 9.80 Å². The molecule has 1 heterocycles. The van der Waals surface area contributed by atoms with Gasteiger partial charge in [0.25, 0.3) is 0 Å². The van der Waals surface area contributed by atoms with E-state index in [-0.39, 0.29) is 10.8 Å². The number of para-hydroxylation sites is 4. The van der Waals surface area contributed by atoms with Crippen LogP contribution in [0.5, 0.6) is 0 Å². The summed E-state index contributed by atoms with van der Waals surface area (Å²) in [5.41, 5.74) is 22.3. The van der Waals surface area contributed by atoms with E-state index >= 15 is 0 Å². The van der Waals surface area contributed by atoms with Gasteiger partial charge in [0.2, 0.25) is 0 Å². The van der Waals surface area contributed by atoms with Gasteiger partial charge in [0.05, 0.1) is 11.4 Å². The van der Waals surface area contributed by atoms with Crippen LogP contribution in [0.3, 0.4) is 0 Å². The minimum Gasteiger partial charge on any atom is -0.310 e. The molecule has 0 N–H and O–H groups in total. The van der Waals surface area contributed by atoms with Crippen LogP contribution in [-0.4, -0.2) is 0 Å². The molecule has 9 aromatic rings. The molecule has 0 unspecified atom stereocenters. The fourth-order valence-electron chi connectivity index (χ4n) is 11.0. The van der Waals surface area contributed by atoms with Crippen LogP contribution in [0.1, 0.15) is 73.9 Å². The van der Waals surface area contributed by atoms with Gasteiger partial charge in [0.15, 0.2) is 0 Å². The highest BCUT2D eigenvalue weighted by Gasteiger charge is 2.41. The molecule has 0 spiro atoms. The third kappa shape index (κ3) is 6.96. The Kier molecular flexibility index (Phi) is 10.4. The lowest BCUT2D eigenvalue weighted by Gasteiger charge is -2.42. The summed E-state index contributed by atoms with van der Waals surface area (Å²) in [6.07, 6.45) is 6.60. The maximum atomic E-state index is 2.47. The second kappa shape index (κ2) is 16.7. The summed E-state index contributed by atoms with van der Waals surface area (Å²) in [6, 6.07) is 80.4. The van der Waals surface area contributed by atoms with Gasteiger partial charge in [0.1, 0.15) is 0 Å². The molecule has 0 saturated carbocycles. The Morgan fingerprint density at radius 1 is 0.394 bits per heavy atom. The molecule has 0 amide bonds. The summed E-state index contributed by atoms with van der Waals surface area (Å²) in [4.78, 5) is 4.85. The summed E-state index contributed by atoms with van der Waals surface area (Å²) in [6.45, 7) is 9.40. The van der Waals surface area contributed by atoms with Gasteiger partial charge in [-0.25, -0.2) is 0 Å². The SMILES string of the molecule is CCC1(CC)c2cc(/C=C/c3ccc(-c4cc(-c5ccccc5)cc(N5c6ccccc6C(C)(C)c6ccccc65)c4)cc3)ccc2-c2ccc(N(c3ccccc3)c3ccccc3)cc21. The second-order valence-electron chi connectivity index (χ2n) is 18.4. The zero-order valence-corrected chi connectivity index (χ0v) is 38.2. The number of nitrogens with zero attached hydrogens (tertiary/aromatic N) is 2. The van der Waals surface area contributed by atoms with Crippen LogP contribution in [0.15, 0.2) is 218 Å². The summed E-state index contributed by atoms with van der Waals surface area (Å²) in [5, 5.41) is 0. The van der Waals surface area contributed by atoms with Gasteiger partial charge in [-0.3, -0.25) is 0 Å². The Bertz CT molecular complexity index is 3140. The van der Waals surface area contributed by atoms with E-state index in [1.807, 2.05) is 0 Å². The molecule has 66 heavy (non-hydrogen) atoms. The van der Waals surface area contributed by atoms with Gasteiger partial charge in [-0.1, -0.05) is 192 Å². The molecule has 0 aromatic heterocycles. The largest absolute Gasteiger partial charge is 0.310 e. The van der Waals surface area contributed by atoms with Crippen molar-refractivity contribution in [2.24, 2.45) is 0 Å². The molecule has 0 atom stereocenters. The Morgan fingerprint density at radius 3 is 1.44 bits per heavy atom. The predicted octanol–water partition coefficient (Wildman–Crippen LogP) is 17.9. The standard InChI is InChI=1S/C64H54N2/c1-5-64(6-2)59-40-46(34-38-55(59)56-39-37-53(44-60(56)64)65(51-22-12-8-13-23-51)52-24-14-9-15-25-52)31-30-45-32-35-48(36-33-45)50-41-49(47-20-10-7-11-21-47)42-54(43-50)66-61-28-18-16-26-57(61)63(3,4)58-27-17-19-29-62(58)66/h7-44H,5-6H2,1-4H3/b31-30+. The zero-order chi connectivity index (χ0) is 44.8. The number of hydrogen-bond acceptors (Lipinski definition) is 2. The highest BCUT2D eigenvalue weighted by molar-refractivity contribution is 5.91. The van der Waals surface area contributed by atoms with Crippen molar-refractivity contribution in [3.8, 4) is 33.4 Å². The van der Waals surface area contributed by atoms with Crippen molar-refractivity contribution in [1.29, 1.82) is 0 Å². The Hall–Kier alpha value is -7.68. The van der Waals surface area contributed by atoms with Crippen molar-refractivity contribution in [2.45, 2.75) is 51.4 Å². The third-order valence-corrected chi connectivity index (χ3v) is 14.5. The van der Waals surface area contributed by atoms with Crippen molar-refractivity contribution in [3.63, 3.8) is 0 Å². The van der Waals surface area contributed by atoms with Crippen LogP contribution in [0.25, 0.3) is 45.5 Å². The van der Waals surface area contributed by atoms with E-state index in [9.17, 15) is 0 Å². The zero-order valence-electron chi connectivity index (χ0n) is 38.2. The molecule has 1 aliphatic heterocycles. The van der Waals surface area contributed by atoms with Crippen LogP contribution in [0.4, 0.5) is 34.1 Å². The first kappa shape index (κ1) is 41.1. The minimum absolute atomic E-state index is 0.0765. The number of fused-ring (bicyclic) bond motifs is 5. The molecule has 2 aliphatic rings. The topological polar surface area (TPSA) is 6.48 Å². The van der Waals surface area contributed by atoms with Gasteiger partial charge in [-0.2, -0.15) is 0 Å². The quantitative estimate of drug-likeness (QED) is 0.127. The van der Waals surface area contributed by atoms with Crippen LogP contribution in [-0.2, 0) is 10.8 Å². The monoisotopic (exact) mass is 850 g/mol. The van der Waals surface area contributed by atoms with E-state index in [0.29, 0.717) is 0 Å².